The van der Waals surface area contributed by atoms with Crippen LogP contribution < -0.4 is 5.73 Å². The number of hydrogen-bond acceptors (Lipinski definition) is 9. The quantitative estimate of drug-likeness (QED) is 0.180. The predicted octanol–water partition coefficient (Wildman–Crippen LogP) is 4.02. The summed E-state index contributed by atoms with van der Waals surface area (Å²) in [5.41, 5.74) is 7.68. The minimum atomic E-state index is -1.17. The van der Waals surface area contributed by atoms with Gasteiger partial charge in [-0.15, -0.1) is 0 Å². The summed E-state index contributed by atoms with van der Waals surface area (Å²) in [5, 5.41) is 36.1. The third-order valence-corrected chi connectivity index (χ3v) is 9.48. The van der Waals surface area contributed by atoms with Gasteiger partial charge in [-0.3, -0.25) is 9.59 Å². The summed E-state index contributed by atoms with van der Waals surface area (Å²) in [6.07, 6.45) is 4.60. The van der Waals surface area contributed by atoms with Crippen LogP contribution in [-0.4, -0.2) is 111 Å². The molecule has 9 nitrogen and oxygen atoms in total. The summed E-state index contributed by atoms with van der Waals surface area (Å²) in [6.45, 7) is 6.37. The van der Waals surface area contributed by atoms with Crippen LogP contribution in [0.5, 0.6) is 0 Å². The standard InChI is InChI=1S/2C14H21NOS.C5H9NO4/c2*16-14(10-15-8-4-5-9-15)12-17-11-13-6-2-1-3-7-13;6-3(5(9)10)1-2-4(7)8/h2*1-3,6-7,14,16H,4-5,8-12H2;3H,1-2,6H2,(H,7,8)(H,9,10)/t;;3-/m..0/s1. The van der Waals surface area contributed by atoms with Crippen LogP contribution in [-0.2, 0) is 21.1 Å². The van der Waals surface area contributed by atoms with E-state index in [1.54, 1.807) is 0 Å². The minimum Gasteiger partial charge on any atom is -0.481 e. The maximum atomic E-state index is 9.99. The lowest BCUT2D eigenvalue weighted by Crippen LogP contribution is -2.31. The Morgan fingerprint density at radius 1 is 0.705 bits per heavy atom. The molecule has 4 rings (SSSR count). The molecule has 2 unspecified atom stereocenters. The molecule has 0 aromatic heterocycles. The van der Waals surface area contributed by atoms with E-state index in [2.05, 4.69) is 58.3 Å². The Bertz CT molecular complexity index is 959. The van der Waals surface area contributed by atoms with Gasteiger partial charge < -0.3 is 36.0 Å². The Kier molecular flexibility index (Phi) is 20.1. The van der Waals surface area contributed by atoms with E-state index in [0.29, 0.717) is 0 Å². The zero-order valence-electron chi connectivity index (χ0n) is 25.7. The maximum absolute atomic E-state index is 9.99. The molecule has 246 valence electrons. The SMILES string of the molecule is N[C@@H](CCC(=O)O)C(=O)O.OC(CSCc1ccccc1)CN1CCCC1.OC(CSCc1ccccc1)CN1CCCC1. The first kappa shape index (κ1) is 38.1. The van der Waals surface area contributed by atoms with Crippen LogP contribution in [0.1, 0.15) is 49.7 Å². The third-order valence-electron chi connectivity index (χ3n) is 7.17. The number of likely N-dealkylation sites (tertiary alicyclic amines) is 2. The highest BCUT2D eigenvalue weighted by Crippen LogP contribution is 2.16. The van der Waals surface area contributed by atoms with Gasteiger partial charge in [-0.2, -0.15) is 23.5 Å². The van der Waals surface area contributed by atoms with Crippen molar-refractivity contribution in [3.8, 4) is 0 Å². The number of thioether (sulfide) groups is 2. The third kappa shape index (κ3) is 18.6. The first-order valence-electron chi connectivity index (χ1n) is 15.5. The first-order valence-corrected chi connectivity index (χ1v) is 17.8. The van der Waals surface area contributed by atoms with Gasteiger partial charge in [0, 0.05) is 42.5 Å². The molecule has 2 aliphatic rings. The zero-order valence-corrected chi connectivity index (χ0v) is 27.3. The highest BCUT2D eigenvalue weighted by molar-refractivity contribution is 7.98. The Labute approximate surface area is 271 Å². The second kappa shape index (κ2) is 23.3. The van der Waals surface area contributed by atoms with Gasteiger partial charge in [-0.05, 0) is 69.4 Å². The molecular formula is C33H51N3O6S2. The minimum absolute atomic E-state index is 0.0231. The van der Waals surface area contributed by atoms with Gasteiger partial charge in [0.25, 0.3) is 0 Å². The number of nitrogens with zero attached hydrogens (tertiary/aromatic N) is 2. The van der Waals surface area contributed by atoms with Gasteiger partial charge in [-0.25, -0.2) is 0 Å². The number of benzene rings is 2. The van der Waals surface area contributed by atoms with Crippen LogP contribution in [0.15, 0.2) is 60.7 Å². The molecule has 0 saturated carbocycles. The van der Waals surface area contributed by atoms with Gasteiger partial charge in [0.1, 0.15) is 6.04 Å². The number of carbonyl (C=O) groups is 2. The zero-order chi connectivity index (χ0) is 32.0. The average molecular weight is 650 g/mol. The van der Waals surface area contributed by atoms with E-state index in [9.17, 15) is 19.8 Å². The van der Waals surface area contributed by atoms with Crippen LogP contribution in [0.3, 0.4) is 0 Å². The van der Waals surface area contributed by atoms with Crippen molar-refractivity contribution in [2.75, 3.05) is 50.8 Å². The highest BCUT2D eigenvalue weighted by Gasteiger charge is 2.16. The molecule has 3 atom stereocenters. The predicted molar refractivity (Wildman–Crippen MR) is 181 cm³/mol. The monoisotopic (exact) mass is 649 g/mol. The van der Waals surface area contributed by atoms with Gasteiger partial charge in [0.15, 0.2) is 0 Å². The van der Waals surface area contributed by atoms with Crippen LogP contribution in [0.25, 0.3) is 0 Å². The Morgan fingerprint density at radius 3 is 1.43 bits per heavy atom. The molecule has 2 heterocycles. The summed E-state index contributed by atoms with van der Waals surface area (Å²) in [4.78, 5) is 24.6. The summed E-state index contributed by atoms with van der Waals surface area (Å²) < 4.78 is 0. The molecule has 44 heavy (non-hydrogen) atoms. The number of aliphatic hydroxyl groups excluding tert-OH is 2. The van der Waals surface area contributed by atoms with Crippen molar-refractivity contribution in [2.24, 2.45) is 5.73 Å². The molecule has 2 saturated heterocycles. The normalized spacial score (nSPS) is 17.1. The van der Waals surface area contributed by atoms with Crippen molar-refractivity contribution in [3.05, 3.63) is 71.8 Å². The largest absolute Gasteiger partial charge is 0.481 e. The van der Waals surface area contributed by atoms with E-state index in [-0.39, 0.29) is 25.0 Å². The summed E-state index contributed by atoms with van der Waals surface area (Å²) in [6, 6.07) is 19.8. The molecule has 2 aromatic rings. The molecule has 0 aliphatic carbocycles. The number of rotatable bonds is 16. The molecular weight excluding hydrogens is 599 g/mol. The van der Waals surface area contributed by atoms with Crippen molar-refractivity contribution in [1.82, 2.24) is 9.80 Å². The number of aliphatic carboxylic acids is 2. The molecule has 0 bridgehead atoms. The fourth-order valence-corrected chi connectivity index (χ4v) is 6.66. The molecule has 0 radical (unpaired) electrons. The van der Waals surface area contributed by atoms with Gasteiger partial charge in [-0.1, -0.05) is 60.7 Å². The summed E-state index contributed by atoms with van der Waals surface area (Å²) >= 11 is 3.64. The first-order chi connectivity index (χ1) is 21.2. The van der Waals surface area contributed by atoms with Crippen LogP contribution >= 0.6 is 23.5 Å². The number of hydrogen-bond donors (Lipinski definition) is 5. The molecule has 11 heteroatoms. The van der Waals surface area contributed by atoms with Crippen molar-refractivity contribution in [1.29, 1.82) is 0 Å². The van der Waals surface area contributed by atoms with Gasteiger partial charge in [0.05, 0.1) is 12.2 Å². The topological polar surface area (TPSA) is 148 Å². The lowest BCUT2D eigenvalue weighted by atomic mass is 10.2. The van der Waals surface area contributed by atoms with Gasteiger partial charge >= 0.3 is 11.9 Å². The van der Waals surface area contributed by atoms with Crippen molar-refractivity contribution < 1.29 is 30.0 Å². The van der Waals surface area contributed by atoms with Crippen LogP contribution in [0, 0.1) is 0 Å². The summed E-state index contributed by atoms with van der Waals surface area (Å²) in [5.74, 6) is 1.48. The molecule has 2 aliphatic heterocycles. The Balaban J connectivity index is 0.000000240. The number of carboxylic acid groups (broad SMARTS) is 2. The molecule has 0 spiro atoms. The van der Waals surface area contributed by atoms with Crippen LogP contribution in [0.2, 0.25) is 0 Å². The second-order valence-corrected chi connectivity index (χ2v) is 13.3. The lowest BCUT2D eigenvalue weighted by molar-refractivity contribution is -0.139. The number of aliphatic hydroxyl groups is 2. The van der Waals surface area contributed by atoms with Crippen molar-refractivity contribution in [2.45, 2.75) is 68.3 Å². The average Bonchev–Trinajstić information content (AvgIpc) is 3.72. The number of nitrogens with two attached hydrogens (primary N) is 1. The number of β-amino-alcohol motifs (C(OH)–C–C–N with tert-alkyl or cyclic N) is 2. The highest BCUT2D eigenvalue weighted by atomic mass is 32.2. The van der Waals surface area contributed by atoms with E-state index in [4.69, 9.17) is 15.9 Å². The van der Waals surface area contributed by atoms with E-state index in [0.717, 1.165) is 36.1 Å². The van der Waals surface area contributed by atoms with Crippen molar-refractivity contribution >= 4 is 35.5 Å². The van der Waals surface area contributed by atoms with Gasteiger partial charge in [0.2, 0.25) is 0 Å². The smallest absolute Gasteiger partial charge is 0.320 e. The van der Waals surface area contributed by atoms with Crippen molar-refractivity contribution in [3.63, 3.8) is 0 Å². The Hall–Kier alpha value is -2.12. The van der Waals surface area contributed by atoms with E-state index in [1.807, 2.05) is 35.7 Å². The molecule has 2 fully saturated rings. The molecule has 0 amide bonds. The fraction of sp³-hybridized carbons (Fsp3) is 0.576. The molecule has 2 aromatic carbocycles. The maximum Gasteiger partial charge on any atom is 0.320 e. The fourth-order valence-electron chi connectivity index (χ4n) is 4.81. The summed E-state index contributed by atoms with van der Waals surface area (Å²) in [7, 11) is 0. The molecule has 6 N–H and O–H groups in total. The lowest BCUT2D eigenvalue weighted by Gasteiger charge is -2.18. The Morgan fingerprint density at radius 2 is 1.09 bits per heavy atom. The van der Waals surface area contributed by atoms with E-state index < -0.39 is 18.0 Å². The van der Waals surface area contributed by atoms with E-state index >= 15 is 0 Å². The van der Waals surface area contributed by atoms with Crippen LogP contribution in [0.4, 0.5) is 0 Å². The van der Waals surface area contributed by atoms with E-state index in [1.165, 1.54) is 63.0 Å². The second-order valence-electron chi connectivity index (χ2n) is 11.2. The number of carboxylic acids is 2.